The van der Waals surface area contributed by atoms with Gasteiger partial charge in [0.2, 0.25) is 5.78 Å². The van der Waals surface area contributed by atoms with Crippen LogP contribution >= 0.6 is 0 Å². The Bertz CT molecular complexity index is 3320. The number of aromatic nitrogens is 2. The summed E-state index contributed by atoms with van der Waals surface area (Å²) < 4.78 is 20.0. The lowest BCUT2D eigenvalue weighted by Gasteiger charge is -2.16. The van der Waals surface area contributed by atoms with Crippen molar-refractivity contribution in [2.75, 3.05) is 7.11 Å². The lowest BCUT2D eigenvalue weighted by Crippen LogP contribution is -2.23. The minimum Gasteiger partial charge on any atom is -0.497 e. The van der Waals surface area contributed by atoms with Crippen molar-refractivity contribution < 1.29 is 33.1 Å². The van der Waals surface area contributed by atoms with Gasteiger partial charge in [0.25, 0.3) is 0 Å². The highest BCUT2D eigenvalue weighted by Crippen LogP contribution is 2.33. The summed E-state index contributed by atoms with van der Waals surface area (Å²) in [5.41, 5.74) is 12.3. The van der Waals surface area contributed by atoms with E-state index in [0.717, 1.165) is 72.7 Å². The lowest BCUT2D eigenvalue weighted by atomic mass is 9.86. The van der Waals surface area contributed by atoms with Gasteiger partial charge >= 0.3 is 0 Å². The Morgan fingerprint density at radius 3 is 1.76 bits per heavy atom. The van der Waals surface area contributed by atoms with Crippen molar-refractivity contribution in [2.24, 2.45) is 50.6 Å². The number of fused-ring (bicyclic) bond motifs is 5. The molecule has 12 heteroatoms. The molecular weight excluding hydrogens is 954 g/mol. The monoisotopic (exact) mass is 1030 g/mol. The molecule has 3 aliphatic heterocycles. The number of para-hydroxylation sites is 3. The van der Waals surface area contributed by atoms with E-state index in [9.17, 15) is 28.4 Å². The highest BCUT2D eigenvalue weighted by atomic mass is 19.1. The van der Waals surface area contributed by atoms with Crippen LogP contribution in [0.25, 0.3) is 17.1 Å². The van der Waals surface area contributed by atoms with Gasteiger partial charge < -0.3 is 9.30 Å². The summed E-state index contributed by atoms with van der Waals surface area (Å²) in [6.45, 7) is 23.6. The number of nitrogens with zero attached hydrogens (tertiary/aromatic N) is 5. The van der Waals surface area contributed by atoms with E-state index >= 15 is 0 Å². The van der Waals surface area contributed by atoms with Crippen LogP contribution < -0.4 is 4.74 Å². The number of imidazole rings is 1. The number of aryl methyl sites for hydroxylation is 1. The fourth-order valence-corrected chi connectivity index (χ4v) is 8.61. The average Bonchev–Trinajstić information content (AvgIpc) is 4.25. The molecular formula is C64H72FN5O6. The number of ketones is 5. The third-order valence-corrected chi connectivity index (χ3v) is 13.0. The number of carbonyl (C=O) groups excluding carboxylic acids is 5. The van der Waals surface area contributed by atoms with E-state index in [0.29, 0.717) is 43.1 Å². The van der Waals surface area contributed by atoms with Crippen molar-refractivity contribution >= 4 is 75.0 Å². The topological polar surface area (TPSA) is 149 Å². The summed E-state index contributed by atoms with van der Waals surface area (Å²) in [6, 6.07) is 31.9. The number of benzene rings is 5. The van der Waals surface area contributed by atoms with Crippen LogP contribution in [-0.2, 0) is 47.2 Å². The second-order valence-electron chi connectivity index (χ2n) is 22.4. The molecule has 0 bridgehead atoms. The number of aliphatic imine (C=N–C) groups is 3. The van der Waals surface area contributed by atoms with Gasteiger partial charge in [0.15, 0.2) is 29.0 Å². The van der Waals surface area contributed by atoms with E-state index < -0.39 is 5.41 Å². The SMILES string of the molecule is CC(C)(C)C(=O)C1=Cc2ccc(F)cc2C1.CC(C)C(=O)C1=Nc2ccccc2C1.CC(C)C(=O)c1ccc2c(c1)CN=C2.COc1ccc2c(c1)CC(C(=O)C(C)C)=N2.Cn1c(C(=O)C(C)(C)C)nc2ccccc21. The van der Waals surface area contributed by atoms with E-state index in [-0.39, 0.29) is 57.9 Å². The summed E-state index contributed by atoms with van der Waals surface area (Å²) in [5, 5.41) is 0. The Morgan fingerprint density at radius 2 is 1.17 bits per heavy atom. The van der Waals surface area contributed by atoms with Gasteiger partial charge in [-0.3, -0.25) is 29.0 Å². The lowest BCUT2D eigenvalue weighted by molar-refractivity contribution is -0.122. The molecule has 0 N–H and O–H groups in total. The molecule has 0 unspecified atom stereocenters. The molecule has 11 nitrogen and oxygen atoms in total. The number of halogens is 1. The highest BCUT2D eigenvalue weighted by molar-refractivity contribution is 6.43. The zero-order chi connectivity index (χ0) is 55.8. The molecule has 10 rings (SSSR count). The number of rotatable bonds is 9. The molecule has 0 radical (unpaired) electrons. The Balaban J connectivity index is 0.000000154. The third kappa shape index (κ3) is 14.2. The maximum absolute atomic E-state index is 13.0. The number of hydrogen-bond acceptors (Lipinski definition) is 10. The molecule has 396 valence electrons. The molecule has 4 heterocycles. The van der Waals surface area contributed by atoms with Crippen molar-refractivity contribution in [3.8, 4) is 5.75 Å². The van der Waals surface area contributed by atoms with E-state index in [4.69, 9.17) is 4.74 Å². The Kier molecular flexibility index (Phi) is 18.5. The Morgan fingerprint density at radius 1 is 0.592 bits per heavy atom. The molecule has 0 fully saturated rings. The molecule has 76 heavy (non-hydrogen) atoms. The normalized spacial score (nSPS) is 13.5. The van der Waals surface area contributed by atoms with E-state index in [2.05, 4.69) is 20.0 Å². The van der Waals surface area contributed by atoms with Gasteiger partial charge in [-0.2, -0.15) is 0 Å². The second-order valence-corrected chi connectivity index (χ2v) is 22.4. The fourth-order valence-electron chi connectivity index (χ4n) is 8.61. The zero-order valence-corrected chi connectivity index (χ0v) is 46.6. The van der Waals surface area contributed by atoms with Crippen molar-refractivity contribution in [1.29, 1.82) is 0 Å². The third-order valence-electron chi connectivity index (χ3n) is 13.0. The Labute approximate surface area is 447 Å². The van der Waals surface area contributed by atoms with Crippen molar-refractivity contribution in [1.82, 2.24) is 9.55 Å². The summed E-state index contributed by atoms with van der Waals surface area (Å²) in [4.78, 5) is 76.7. The predicted octanol–water partition coefficient (Wildman–Crippen LogP) is 13.7. The van der Waals surface area contributed by atoms with Gasteiger partial charge in [0.05, 0.1) is 47.5 Å². The minimum atomic E-state index is -0.394. The quantitative estimate of drug-likeness (QED) is 0.131. The molecule has 6 aromatic rings. The summed E-state index contributed by atoms with van der Waals surface area (Å²) in [6.07, 6.45) is 5.63. The molecule has 0 amide bonds. The van der Waals surface area contributed by atoms with Gasteiger partial charge in [-0.15, -0.1) is 0 Å². The van der Waals surface area contributed by atoms with Gasteiger partial charge in [0, 0.05) is 72.2 Å². The molecule has 0 saturated heterocycles. The summed E-state index contributed by atoms with van der Waals surface area (Å²) in [5.74, 6) is 1.96. The first kappa shape index (κ1) is 57.7. The molecule has 5 aromatic carbocycles. The van der Waals surface area contributed by atoms with Gasteiger partial charge in [-0.05, 0) is 94.1 Å². The van der Waals surface area contributed by atoms with Crippen molar-refractivity contribution in [3.05, 3.63) is 159 Å². The first-order valence-electron chi connectivity index (χ1n) is 25.9. The van der Waals surface area contributed by atoms with Crippen LogP contribution in [0.3, 0.4) is 0 Å². The predicted molar refractivity (Wildman–Crippen MR) is 305 cm³/mol. The summed E-state index contributed by atoms with van der Waals surface area (Å²) in [7, 11) is 3.52. The largest absolute Gasteiger partial charge is 0.497 e. The minimum absolute atomic E-state index is 0.00922. The van der Waals surface area contributed by atoms with Crippen molar-refractivity contribution in [2.45, 2.75) is 109 Å². The number of methoxy groups -OCH3 is 1. The molecule has 4 aliphatic rings. The number of carbonyl (C=O) groups is 5. The van der Waals surface area contributed by atoms with Crippen molar-refractivity contribution in [3.63, 3.8) is 0 Å². The van der Waals surface area contributed by atoms with Gasteiger partial charge in [0.1, 0.15) is 11.6 Å². The van der Waals surface area contributed by atoms with Crippen LogP contribution in [0.4, 0.5) is 15.8 Å². The number of ether oxygens (including phenoxy) is 1. The summed E-state index contributed by atoms with van der Waals surface area (Å²) >= 11 is 0. The maximum atomic E-state index is 13.0. The van der Waals surface area contributed by atoms with Gasteiger partial charge in [-0.25, -0.2) is 19.4 Å². The molecule has 1 aromatic heterocycles. The molecule has 0 spiro atoms. The molecule has 1 aliphatic carbocycles. The van der Waals surface area contributed by atoms with Crippen LogP contribution in [0.15, 0.2) is 124 Å². The van der Waals surface area contributed by atoms with Crippen LogP contribution in [0, 0.1) is 34.4 Å². The maximum Gasteiger partial charge on any atom is 0.203 e. The van der Waals surface area contributed by atoms with Crippen LogP contribution in [0.1, 0.15) is 137 Å². The number of Topliss-reactive ketones (excluding diaryl/α,β-unsaturated/α-hetero) is 5. The molecule has 0 saturated carbocycles. The highest BCUT2D eigenvalue weighted by Gasteiger charge is 2.29. The number of allylic oxidation sites excluding steroid dienone is 1. The Hall–Kier alpha value is -7.60. The van der Waals surface area contributed by atoms with Crippen LogP contribution in [0.2, 0.25) is 0 Å². The first-order chi connectivity index (χ1) is 35.8. The van der Waals surface area contributed by atoms with E-state index in [1.165, 1.54) is 12.1 Å². The smallest absolute Gasteiger partial charge is 0.203 e. The van der Waals surface area contributed by atoms with Crippen LogP contribution in [-0.4, -0.2) is 63.2 Å². The zero-order valence-electron chi connectivity index (χ0n) is 46.6. The van der Waals surface area contributed by atoms with Gasteiger partial charge in [-0.1, -0.05) is 132 Å². The molecule has 0 atom stereocenters. The average molecular weight is 1030 g/mol. The first-order valence-corrected chi connectivity index (χ1v) is 25.9. The number of hydrogen-bond donors (Lipinski definition) is 0. The van der Waals surface area contributed by atoms with E-state index in [1.54, 1.807) is 13.2 Å². The van der Waals surface area contributed by atoms with E-state index in [1.807, 2.05) is 192 Å². The fraction of sp³-hybridized carbons (Fsp3) is 0.359. The second kappa shape index (κ2) is 24.4. The van der Waals surface area contributed by atoms with Crippen LogP contribution in [0.5, 0.6) is 5.75 Å². The standard InChI is InChI=1S/C14H15FO.C13H16N2O.C13H15NO2.2C12H13NO/c1-14(2,3)13(16)11-6-9-4-5-12(15)8-10(9)7-11;1-13(2,3)11(16)12-14-9-7-5-6-8-10(9)15(12)4;1-8(2)13(15)12-7-9-6-10(16-3)4-5-11(9)14-12;1-8(2)12(14)9-3-4-10-6-13-7-11(10)5-9;1-8(2)12(14)11-7-9-5-3-4-6-10(9)13-11/h4-6,8H,7H2,1-3H3;5-8H,1-4H3;4-6,8H,7H2,1-3H3;2*3-6,8H,7H2,1-2H3.